The molecule has 0 saturated carbocycles. The number of urea groups is 1. The van der Waals surface area contributed by atoms with Gasteiger partial charge in [0.05, 0.1) is 17.2 Å². The molecule has 3 amide bonds. The molecule has 0 atom stereocenters. The molecule has 1 heterocycles. The summed E-state index contributed by atoms with van der Waals surface area (Å²) in [6, 6.07) is 20.9. The van der Waals surface area contributed by atoms with E-state index in [4.69, 9.17) is 9.47 Å². The number of rotatable bonds is 7. The summed E-state index contributed by atoms with van der Waals surface area (Å²) in [6.07, 6.45) is 1.65. The summed E-state index contributed by atoms with van der Waals surface area (Å²) >= 11 is 2.18. The van der Waals surface area contributed by atoms with Crippen LogP contribution in [0.1, 0.15) is 22.3 Å². The number of aryl methyl sites for hydroxylation is 1. The molecule has 1 N–H and O–H groups in total. The minimum Gasteiger partial charge on any atom is -0.493 e. The van der Waals surface area contributed by atoms with Crippen LogP contribution in [0.2, 0.25) is 0 Å². The number of hydrogen-bond acceptors (Lipinski definition) is 4. The summed E-state index contributed by atoms with van der Waals surface area (Å²) in [5.74, 6) is 0.824. The first-order chi connectivity index (χ1) is 15.9. The predicted octanol–water partition coefficient (Wildman–Crippen LogP) is 5.28. The third kappa shape index (κ3) is 5.36. The first kappa shape index (κ1) is 22.8. The monoisotopic (exact) mass is 554 g/mol. The maximum atomic E-state index is 12.9. The first-order valence-electron chi connectivity index (χ1n) is 10.4. The molecule has 3 aromatic carbocycles. The minimum atomic E-state index is -0.433. The number of amides is 3. The van der Waals surface area contributed by atoms with Gasteiger partial charge in [0.1, 0.15) is 12.3 Å². The molecule has 168 valence electrons. The highest BCUT2D eigenvalue weighted by atomic mass is 127. The molecule has 0 unspecified atom stereocenters. The quantitative estimate of drug-likeness (QED) is 0.245. The summed E-state index contributed by atoms with van der Waals surface area (Å²) in [6.45, 7) is 2.61. The van der Waals surface area contributed by atoms with Crippen LogP contribution < -0.4 is 14.8 Å². The van der Waals surface area contributed by atoms with Crippen LogP contribution in [0.25, 0.3) is 6.08 Å². The smallest absolute Gasteiger partial charge is 0.329 e. The van der Waals surface area contributed by atoms with E-state index in [2.05, 4.69) is 27.9 Å². The van der Waals surface area contributed by atoms with Gasteiger partial charge in [-0.2, -0.15) is 0 Å². The summed E-state index contributed by atoms with van der Waals surface area (Å²) in [7, 11) is 1.57. The number of imide groups is 1. The fourth-order valence-electron chi connectivity index (χ4n) is 3.57. The highest BCUT2D eigenvalue weighted by molar-refractivity contribution is 14.1. The normalized spacial score (nSPS) is 14.5. The van der Waals surface area contributed by atoms with Crippen LogP contribution in [0, 0.1) is 10.5 Å². The molecule has 6 nitrogen and oxygen atoms in total. The maximum absolute atomic E-state index is 12.9. The van der Waals surface area contributed by atoms with Gasteiger partial charge in [-0.25, -0.2) is 4.79 Å². The molecule has 1 saturated heterocycles. The number of ether oxygens (including phenoxy) is 2. The first-order valence-corrected chi connectivity index (χ1v) is 11.5. The number of halogens is 1. The molecule has 0 aromatic heterocycles. The Morgan fingerprint density at radius 1 is 1.00 bits per heavy atom. The Hall–Kier alpha value is -3.33. The van der Waals surface area contributed by atoms with E-state index in [1.54, 1.807) is 19.3 Å². The summed E-state index contributed by atoms with van der Waals surface area (Å²) < 4.78 is 12.4. The van der Waals surface area contributed by atoms with Crippen LogP contribution >= 0.6 is 22.6 Å². The molecular formula is C26H23IN2O4. The number of carbonyl (C=O) groups is 2. The molecule has 1 fully saturated rings. The van der Waals surface area contributed by atoms with E-state index in [1.165, 1.54) is 4.90 Å². The molecule has 0 bridgehead atoms. The lowest BCUT2D eigenvalue weighted by Crippen LogP contribution is -2.30. The lowest BCUT2D eigenvalue weighted by Gasteiger charge is -2.14. The van der Waals surface area contributed by atoms with Crippen molar-refractivity contribution in [2.45, 2.75) is 20.1 Å². The van der Waals surface area contributed by atoms with E-state index >= 15 is 0 Å². The second-order valence-electron chi connectivity index (χ2n) is 7.68. The van der Waals surface area contributed by atoms with Gasteiger partial charge in [0.2, 0.25) is 0 Å². The maximum Gasteiger partial charge on any atom is 0.329 e. The fourth-order valence-corrected chi connectivity index (χ4v) is 4.35. The van der Waals surface area contributed by atoms with Crippen molar-refractivity contribution in [3.8, 4) is 11.5 Å². The molecule has 0 spiro atoms. The van der Waals surface area contributed by atoms with Crippen molar-refractivity contribution in [2.75, 3.05) is 7.11 Å². The number of carbonyl (C=O) groups excluding carboxylic acids is 2. The third-order valence-electron chi connectivity index (χ3n) is 5.17. The van der Waals surface area contributed by atoms with Gasteiger partial charge in [-0.1, -0.05) is 60.2 Å². The lowest BCUT2D eigenvalue weighted by atomic mass is 10.1. The minimum absolute atomic E-state index is 0.219. The van der Waals surface area contributed by atoms with Crippen LogP contribution in [0.4, 0.5) is 4.79 Å². The van der Waals surface area contributed by atoms with Gasteiger partial charge in [-0.3, -0.25) is 9.69 Å². The second kappa shape index (κ2) is 10.1. The highest BCUT2D eigenvalue weighted by Crippen LogP contribution is 2.35. The predicted molar refractivity (Wildman–Crippen MR) is 135 cm³/mol. The van der Waals surface area contributed by atoms with E-state index < -0.39 is 6.03 Å². The average Bonchev–Trinajstić information content (AvgIpc) is 3.06. The molecule has 7 heteroatoms. The van der Waals surface area contributed by atoms with Gasteiger partial charge in [0, 0.05) is 0 Å². The number of nitrogens with zero attached hydrogens (tertiary/aromatic N) is 1. The van der Waals surface area contributed by atoms with Crippen molar-refractivity contribution in [1.29, 1.82) is 0 Å². The number of hydrogen-bond donors (Lipinski definition) is 1. The number of benzene rings is 3. The Balaban J connectivity index is 1.54. The molecule has 0 aliphatic carbocycles. The molecule has 4 rings (SSSR count). The Bertz CT molecular complexity index is 1220. The van der Waals surface area contributed by atoms with Gasteiger partial charge in [0.15, 0.2) is 11.5 Å². The zero-order valence-corrected chi connectivity index (χ0v) is 20.5. The van der Waals surface area contributed by atoms with E-state index in [0.717, 1.165) is 25.8 Å². The molecule has 33 heavy (non-hydrogen) atoms. The van der Waals surface area contributed by atoms with E-state index in [1.807, 2.05) is 67.6 Å². The lowest BCUT2D eigenvalue weighted by molar-refractivity contribution is -0.123. The Labute approximate surface area is 206 Å². The molecule has 0 radical (unpaired) electrons. The van der Waals surface area contributed by atoms with Crippen LogP contribution in [0.15, 0.2) is 72.4 Å². The standard InChI is InChI=1S/C26H23IN2O4/c1-17-7-6-10-19(11-17)15-29-25(30)22(28-26(29)31)13-20-12-21(27)24(23(14-20)32-2)33-16-18-8-4-3-5-9-18/h3-14H,15-16H2,1-2H3,(H,28,31)/b22-13+. The van der Waals surface area contributed by atoms with Crippen molar-refractivity contribution in [3.63, 3.8) is 0 Å². The van der Waals surface area contributed by atoms with Gasteiger partial charge < -0.3 is 14.8 Å². The zero-order valence-electron chi connectivity index (χ0n) is 18.3. The van der Waals surface area contributed by atoms with E-state index in [-0.39, 0.29) is 18.1 Å². The fraction of sp³-hybridized carbons (Fsp3) is 0.154. The van der Waals surface area contributed by atoms with Gasteiger partial charge >= 0.3 is 6.03 Å². The van der Waals surface area contributed by atoms with Gasteiger partial charge in [-0.15, -0.1) is 0 Å². The Morgan fingerprint density at radius 2 is 1.76 bits per heavy atom. The Kier molecular flexibility index (Phi) is 6.98. The largest absolute Gasteiger partial charge is 0.493 e. The summed E-state index contributed by atoms with van der Waals surface area (Å²) in [4.78, 5) is 26.5. The molecule has 1 aliphatic heterocycles. The zero-order chi connectivity index (χ0) is 23.4. The van der Waals surface area contributed by atoms with Crippen molar-refractivity contribution >= 4 is 40.6 Å². The van der Waals surface area contributed by atoms with Crippen LogP contribution in [-0.4, -0.2) is 23.9 Å². The summed E-state index contributed by atoms with van der Waals surface area (Å²) in [5, 5.41) is 2.68. The van der Waals surface area contributed by atoms with Gasteiger partial charge in [-0.05, 0) is 64.4 Å². The molecule has 3 aromatic rings. The summed E-state index contributed by atoms with van der Waals surface area (Å²) in [5.41, 5.74) is 3.98. The van der Waals surface area contributed by atoms with Crippen molar-refractivity contribution in [1.82, 2.24) is 10.2 Å². The van der Waals surface area contributed by atoms with Crippen molar-refractivity contribution in [2.24, 2.45) is 0 Å². The van der Waals surface area contributed by atoms with Gasteiger partial charge in [0.25, 0.3) is 5.91 Å². The van der Waals surface area contributed by atoms with Crippen molar-refractivity contribution in [3.05, 3.63) is 98.3 Å². The second-order valence-corrected chi connectivity index (χ2v) is 8.84. The van der Waals surface area contributed by atoms with E-state index in [0.29, 0.717) is 18.1 Å². The van der Waals surface area contributed by atoms with Crippen molar-refractivity contribution < 1.29 is 19.1 Å². The number of nitrogens with one attached hydrogen (secondary N) is 1. The topological polar surface area (TPSA) is 67.9 Å². The molecular weight excluding hydrogens is 531 g/mol. The van der Waals surface area contributed by atoms with Crippen LogP contribution in [0.5, 0.6) is 11.5 Å². The van der Waals surface area contributed by atoms with Crippen LogP contribution in [-0.2, 0) is 17.9 Å². The average molecular weight is 554 g/mol. The third-order valence-corrected chi connectivity index (χ3v) is 5.98. The highest BCUT2D eigenvalue weighted by Gasteiger charge is 2.33. The molecule has 1 aliphatic rings. The number of methoxy groups -OCH3 is 1. The Morgan fingerprint density at radius 3 is 2.48 bits per heavy atom. The SMILES string of the molecule is COc1cc(/C=C2/NC(=O)N(Cc3cccc(C)c3)C2=O)cc(I)c1OCc1ccccc1. The van der Waals surface area contributed by atoms with Crippen LogP contribution in [0.3, 0.4) is 0 Å². The van der Waals surface area contributed by atoms with E-state index in [9.17, 15) is 9.59 Å².